The second kappa shape index (κ2) is 34.6. The van der Waals surface area contributed by atoms with E-state index in [1.54, 1.807) is 36.3 Å². The van der Waals surface area contributed by atoms with E-state index < -0.39 is 25.5 Å². The molecular weight excluding hydrogens is 1480 g/mol. The van der Waals surface area contributed by atoms with E-state index in [-0.39, 0.29) is 57.2 Å². The Bertz CT molecular complexity index is 5150. The zero-order valence-corrected chi connectivity index (χ0v) is 68.6. The van der Waals surface area contributed by atoms with Crippen LogP contribution in [0.3, 0.4) is 0 Å². The van der Waals surface area contributed by atoms with Gasteiger partial charge < -0.3 is 67.7 Å². The first-order chi connectivity index (χ1) is 54.7. The summed E-state index contributed by atoms with van der Waals surface area (Å²) < 4.78 is 49.6. The molecule has 6 saturated heterocycles. The van der Waals surface area contributed by atoms with E-state index in [1.807, 2.05) is 80.4 Å². The smallest absolute Gasteiger partial charge is 0.235 e. The van der Waals surface area contributed by atoms with Crippen LogP contribution in [0.25, 0.3) is 32.7 Å². The summed E-state index contributed by atoms with van der Waals surface area (Å²) in [6.07, 6.45) is 19.6. The first-order valence-electron chi connectivity index (χ1n) is 40.5. The normalized spacial score (nSPS) is 21.0. The molecule has 5 amide bonds. The lowest BCUT2D eigenvalue weighted by molar-refractivity contribution is -0.133. The molecule has 9 aromatic rings. The van der Waals surface area contributed by atoms with Gasteiger partial charge in [-0.25, -0.2) is 25.4 Å². The lowest BCUT2D eigenvalue weighted by Crippen LogP contribution is -2.48. The maximum absolute atomic E-state index is 12.3. The maximum Gasteiger partial charge on any atom is 0.235 e. The van der Waals surface area contributed by atoms with Gasteiger partial charge in [-0.15, -0.1) is 0 Å². The monoisotopic (exact) mass is 1590 g/mol. The molecule has 0 bridgehead atoms. The minimum absolute atomic E-state index is 0.00838. The first kappa shape index (κ1) is 82.6. The predicted molar refractivity (Wildman–Crippen MR) is 454 cm³/mol. The number of likely N-dealkylation sites (tertiary alicyclic amines) is 4. The Kier molecular flexibility index (Phi) is 25.0. The average molecular weight is 1590 g/mol. The van der Waals surface area contributed by atoms with Gasteiger partial charge >= 0.3 is 0 Å². The molecule has 0 radical (unpaired) electrons. The Morgan fingerprint density at radius 3 is 1.23 bits per heavy atom. The highest BCUT2D eigenvalue weighted by atomic mass is 32.2. The summed E-state index contributed by atoms with van der Waals surface area (Å²) in [5.74, 6) is 1.17. The number of H-pyrrole nitrogens is 3. The zero-order chi connectivity index (χ0) is 80.8. The number of piperidine rings is 6. The fourth-order valence-electron chi connectivity index (χ4n) is 19.5. The van der Waals surface area contributed by atoms with Gasteiger partial charge in [-0.1, -0.05) is 109 Å². The number of nitrogens with two attached hydrogens (primary N) is 3. The molecule has 0 aliphatic carbocycles. The Hall–Kier alpha value is -9.41. The molecule has 2 atom stereocenters. The molecule has 114 heavy (non-hydrogen) atoms. The number of aromatic amines is 3. The van der Waals surface area contributed by atoms with Gasteiger partial charge in [-0.2, -0.15) is 0 Å². The van der Waals surface area contributed by atoms with E-state index in [9.17, 15) is 40.8 Å². The van der Waals surface area contributed by atoms with E-state index in [0.717, 1.165) is 145 Å². The van der Waals surface area contributed by atoms with Crippen molar-refractivity contribution in [1.29, 1.82) is 0 Å². The molecule has 6 aromatic carbocycles. The molecule has 9 aliphatic rings. The topological polar surface area (TPSA) is 335 Å². The highest BCUT2D eigenvalue weighted by molar-refractivity contribution is 7.88. The van der Waals surface area contributed by atoms with E-state index in [0.29, 0.717) is 64.8 Å². The van der Waals surface area contributed by atoms with Gasteiger partial charge in [0, 0.05) is 228 Å². The van der Waals surface area contributed by atoms with Crippen molar-refractivity contribution in [3.05, 3.63) is 198 Å². The number of para-hydroxylation sites is 6. The van der Waals surface area contributed by atoms with Gasteiger partial charge in [0.05, 0.1) is 17.9 Å². The number of anilines is 3. The van der Waals surface area contributed by atoms with Crippen molar-refractivity contribution in [1.82, 2.24) is 43.2 Å². The number of nitrogens with one attached hydrogen (secondary N) is 6. The molecule has 6 fully saturated rings. The van der Waals surface area contributed by atoms with Crippen LogP contribution in [0.2, 0.25) is 0 Å². The quantitative estimate of drug-likeness (QED) is 0.0683. The van der Waals surface area contributed by atoms with Crippen molar-refractivity contribution < 1.29 is 40.8 Å². The fourth-order valence-corrected chi connectivity index (χ4v) is 21.2. The number of carbonyl (C=O) groups excluding carboxylic acids is 5. The standard InChI is InChI=1S/2C16H21N3O.C15H21N3O2S.C14H16N2O2.C14H18N2O.C13H18N2O2S/c1-12(20)19-8-6-16(11-17,7-9-19)14-10-18-15-5-3-2-4-13(14)15;1-11(20)19-7-6-12(8-13(19)9-17)15-10-18-16-5-3-2-4-14(15)16;1-21(19,20)18-8-6-15(11-16,7-9-18)13-10-17-14-5-3-2-4-12(13)14;1-10(17)16-8-6-14(7-9-16)11-4-2-3-5-12(11)15-13(14)18;1-11(17)16-8-6-14(7-9-16)10-15-13-5-3-2-4-12(13)14;1-18(16,17)15-8-6-13(7-9-15)10-14-12-5-3-2-4-11(12)13/h2-5,10,18H,6-9,11,17H2,1H3;2-5,10,12-13,18H,6-9,17H2,1H3;2-5,10,17H,6-9,11,16H2,1H3;2-5H,6-9H2,1H3,(H,15,18);2-5,15H,6-10H2,1H3;2-5,14H,6-10H2,1H3. The van der Waals surface area contributed by atoms with Crippen molar-refractivity contribution in [3.63, 3.8) is 0 Å². The van der Waals surface area contributed by atoms with Gasteiger partial charge in [0.25, 0.3) is 0 Å². The molecule has 24 nitrogen and oxygen atoms in total. The van der Waals surface area contributed by atoms with Gasteiger partial charge in [-0.05, 0) is 153 Å². The SMILES string of the molecule is CC(=O)N1CCC(CN)(c2c[nH]c3ccccc23)CC1.CC(=O)N1CCC(c2c[nH]c3ccccc23)CC1CN.CC(=O)N1CCC2(CC1)C(=O)Nc1ccccc12.CC(=O)N1CCC2(CC1)CNc1ccccc12.CS(=O)(=O)N1CCC(CN)(c2c[nH]c3ccccc23)CC1.CS(=O)(=O)N1CCC2(CC1)CNc1ccccc12. The molecular formula is C88H115N15O9S2. The summed E-state index contributed by atoms with van der Waals surface area (Å²) in [4.78, 5) is 75.7. The largest absolute Gasteiger partial charge is 0.384 e. The van der Waals surface area contributed by atoms with Crippen molar-refractivity contribution in [2.45, 2.75) is 144 Å². The number of hydrogen-bond donors (Lipinski definition) is 9. The highest BCUT2D eigenvalue weighted by Gasteiger charge is 2.49. The minimum atomic E-state index is -3.11. The molecule has 0 saturated carbocycles. The summed E-state index contributed by atoms with van der Waals surface area (Å²) in [5.41, 5.74) is 32.6. The Morgan fingerprint density at radius 2 is 0.789 bits per heavy atom. The van der Waals surface area contributed by atoms with Crippen LogP contribution in [0.15, 0.2) is 164 Å². The Morgan fingerprint density at radius 1 is 0.421 bits per heavy atom. The molecule has 12 N–H and O–H groups in total. The van der Waals surface area contributed by atoms with E-state index in [1.165, 1.54) is 73.4 Å². The van der Waals surface area contributed by atoms with Crippen LogP contribution >= 0.6 is 0 Å². The van der Waals surface area contributed by atoms with Crippen molar-refractivity contribution in [3.8, 4) is 0 Å². The van der Waals surface area contributed by atoms with E-state index >= 15 is 0 Å². The summed E-state index contributed by atoms with van der Waals surface area (Å²) in [5, 5.41) is 13.7. The van der Waals surface area contributed by atoms with Crippen LogP contribution in [-0.2, 0) is 71.1 Å². The third-order valence-electron chi connectivity index (χ3n) is 26.6. The summed E-state index contributed by atoms with van der Waals surface area (Å²) in [6.45, 7) is 18.0. The molecule has 18 rings (SSSR count). The summed E-state index contributed by atoms with van der Waals surface area (Å²) in [6, 6.07) is 49.9. The second-order valence-corrected chi connectivity index (χ2v) is 36.8. The van der Waals surface area contributed by atoms with Crippen molar-refractivity contribution >= 4 is 99.4 Å². The third kappa shape index (κ3) is 17.1. The van der Waals surface area contributed by atoms with Crippen LogP contribution in [0, 0.1) is 0 Å². The minimum Gasteiger partial charge on any atom is -0.384 e. The molecule has 9 aliphatic heterocycles. The van der Waals surface area contributed by atoms with Crippen LogP contribution in [0.1, 0.15) is 144 Å². The van der Waals surface area contributed by atoms with Crippen LogP contribution in [0.4, 0.5) is 17.1 Å². The van der Waals surface area contributed by atoms with Crippen LogP contribution < -0.4 is 33.2 Å². The first-order valence-corrected chi connectivity index (χ1v) is 44.2. The third-order valence-corrected chi connectivity index (χ3v) is 29.2. The lowest BCUT2D eigenvalue weighted by atomic mass is 9.72. The number of amides is 5. The number of nitrogens with zero attached hydrogens (tertiary/aromatic N) is 6. The second-order valence-electron chi connectivity index (χ2n) is 32.9. The van der Waals surface area contributed by atoms with Gasteiger partial charge in [0.15, 0.2) is 0 Å². The van der Waals surface area contributed by atoms with E-state index in [4.69, 9.17) is 17.2 Å². The van der Waals surface area contributed by atoms with Crippen molar-refractivity contribution in [2.75, 3.05) is 133 Å². The van der Waals surface area contributed by atoms with Gasteiger partial charge in [0.2, 0.25) is 49.6 Å². The highest BCUT2D eigenvalue weighted by Crippen LogP contribution is 2.48. The Labute approximate surface area is 671 Å². The molecule has 12 heterocycles. The zero-order valence-electron chi connectivity index (χ0n) is 66.9. The van der Waals surface area contributed by atoms with Crippen molar-refractivity contribution in [2.24, 2.45) is 17.2 Å². The maximum atomic E-state index is 12.3. The van der Waals surface area contributed by atoms with Gasteiger partial charge in [0.1, 0.15) is 0 Å². The molecule has 3 aromatic heterocycles. The number of aromatic nitrogens is 3. The number of sulfonamides is 2. The fraction of sp³-hybridized carbons (Fsp3) is 0.466. The molecule has 2 unspecified atom stereocenters. The van der Waals surface area contributed by atoms with Crippen LogP contribution in [0.5, 0.6) is 0 Å². The molecule has 3 spiro atoms. The molecule has 608 valence electrons. The Balaban J connectivity index is 0.000000120. The lowest BCUT2D eigenvalue weighted by Gasteiger charge is -2.41. The van der Waals surface area contributed by atoms with Gasteiger partial charge in [-0.3, -0.25) is 24.0 Å². The predicted octanol–water partition coefficient (Wildman–Crippen LogP) is 10.6. The van der Waals surface area contributed by atoms with E-state index in [2.05, 4.69) is 134 Å². The summed E-state index contributed by atoms with van der Waals surface area (Å²) >= 11 is 0. The number of carbonyl (C=O) groups is 5. The number of hydrogen-bond acceptors (Lipinski definition) is 14. The number of benzene rings is 6. The average Bonchev–Trinajstić information content (AvgIpc) is 1.57. The van der Waals surface area contributed by atoms with Crippen LogP contribution in [-0.4, -0.2) is 213 Å². The summed E-state index contributed by atoms with van der Waals surface area (Å²) in [7, 11) is -6.15. The number of fused-ring (bicyclic) bond motifs is 9. The molecule has 26 heteroatoms. The number of rotatable bonds is 8.